The number of benzene rings is 2. The van der Waals surface area contributed by atoms with E-state index >= 15 is 0 Å². The van der Waals surface area contributed by atoms with Crippen LogP contribution in [0.15, 0.2) is 60.7 Å². The van der Waals surface area contributed by atoms with Crippen molar-refractivity contribution in [3.8, 4) is 0 Å². The second-order valence-electron chi connectivity index (χ2n) is 8.85. The van der Waals surface area contributed by atoms with Gasteiger partial charge in [-0.2, -0.15) is 0 Å². The van der Waals surface area contributed by atoms with Crippen LogP contribution in [0.4, 0.5) is 0 Å². The van der Waals surface area contributed by atoms with Gasteiger partial charge in [0, 0.05) is 37.8 Å². The molecule has 2 aromatic carbocycles. The van der Waals surface area contributed by atoms with Crippen molar-refractivity contribution in [2.24, 2.45) is 0 Å². The molecule has 2 N–H and O–H groups in total. The number of likely N-dealkylation sites (tertiary alicyclic amines) is 1. The maximum absolute atomic E-state index is 9.55. The van der Waals surface area contributed by atoms with Gasteiger partial charge in [0.1, 0.15) is 0 Å². The van der Waals surface area contributed by atoms with Gasteiger partial charge in [-0.25, -0.2) is 9.59 Å². The van der Waals surface area contributed by atoms with E-state index in [4.69, 9.17) is 10.2 Å². The molecule has 2 aliphatic heterocycles. The minimum absolute atomic E-state index is 0.558. The van der Waals surface area contributed by atoms with Crippen molar-refractivity contribution in [1.82, 2.24) is 9.80 Å². The summed E-state index contributed by atoms with van der Waals surface area (Å²) >= 11 is 0. The van der Waals surface area contributed by atoms with Crippen molar-refractivity contribution in [3.63, 3.8) is 0 Å². The molecule has 1 unspecified atom stereocenters. The third-order valence-electron chi connectivity index (χ3n) is 6.47. The highest BCUT2D eigenvalue weighted by atomic mass is 16.4. The maximum atomic E-state index is 9.55. The zero-order valence-corrected chi connectivity index (χ0v) is 19.3. The molecular formula is C27H34N2O4. The molecule has 176 valence electrons. The fourth-order valence-electron chi connectivity index (χ4n) is 4.65. The molecule has 4 rings (SSSR count). The van der Waals surface area contributed by atoms with Crippen LogP contribution in [-0.2, 0) is 29.1 Å². The molecule has 1 saturated heterocycles. The highest BCUT2D eigenvalue weighted by molar-refractivity contribution is 5.89. The van der Waals surface area contributed by atoms with Crippen LogP contribution in [-0.4, -0.2) is 58.1 Å². The molecule has 0 spiro atoms. The number of carboxylic acids is 2. The van der Waals surface area contributed by atoms with Crippen LogP contribution >= 0.6 is 0 Å². The number of nitrogens with zero attached hydrogens (tertiary/aromatic N) is 2. The van der Waals surface area contributed by atoms with Crippen LogP contribution in [0.5, 0.6) is 0 Å². The predicted octanol–water partition coefficient (Wildman–Crippen LogP) is 4.18. The number of rotatable bonds is 5. The Balaban J connectivity index is 0.000000331. The van der Waals surface area contributed by atoms with Gasteiger partial charge in [-0.15, -0.1) is 0 Å². The van der Waals surface area contributed by atoms with E-state index in [0.717, 1.165) is 25.6 Å². The van der Waals surface area contributed by atoms with E-state index in [1.165, 1.54) is 61.0 Å². The summed E-state index contributed by atoms with van der Waals surface area (Å²) in [6, 6.07) is 18.8. The molecular weight excluding hydrogens is 416 g/mol. The number of piperidine rings is 1. The molecule has 0 bridgehead atoms. The van der Waals surface area contributed by atoms with Crippen LogP contribution in [0.2, 0.25) is 0 Å². The van der Waals surface area contributed by atoms with Gasteiger partial charge in [0.2, 0.25) is 0 Å². The lowest BCUT2D eigenvalue weighted by atomic mass is 9.93. The molecule has 1 atom stereocenters. The minimum atomic E-state index is -1.26. The summed E-state index contributed by atoms with van der Waals surface area (Å²) in [4.78, 5) is 24.4. The summed E-state index contributed by atoms with van der Waals surface area (Å²) in [6.45, 7) is 4.63. The molecule has 2 heterocycles. The summed E-state index contributed by atoms with van der Waals surface area (Å²) in [7, 11) is 2.31. The third kappa shape index (κ3) is 7.84. The highest BCUT2D eigenvalue weighted by Gasteiger charge is 2.21. The van der Waals surface area contributed by atoms with Gasteiger partial charge in [-0.3, -0.25) is 4.90 Å². The first-order valence-corrected chi connectivity index (χ1v) is 11.6. The average Bonchev–Trinajstić information content (AvgIpc) is 2.78. The van der Waals surface area contributed by atoms with Crippen molar-refractivity contribution in [2.75, 3.05) is 20.1 Å². The Morgan fingerprint density at radius 1 is 0.879 bits per heavy atom. The minimum Gasteiger partial charge on any atom is -0.478 e. The fraction of sp³-hybridized carbons (Fsp3) is 0.407. The summed E-state index contributed by atoms with van der Waals surface area (Å²) in [5.41, 5.74) is 6.01. The molecule has 1 fully saturated rings. The maximum Gasteiger partial charge on any atom is 0.328 e. The molecule has 0 radical (unpaired) electrons. The van der Waals surface area contributed by atoms with Crippen molar-refractivity contribution >= 4 is 11.9 Å². The van der Waals surface area contributed by atoms with Gasteiger partial charge in [-0.05, 0) is 61.5 Å². The van der Waals surface area contributed by atoms with Crippen LogP contribution in [0.3, 0.4) is 0 Å². The van der Waals surface area contributed by atoms with Gasteiger partial charge in [0.15, 0.2) is 0 Å². The van der Waals surface area contributed by atoms with Crippen LogP contribution in [0.1, 0.15) is 47.9 Å². The van der Waals surface area contributed by atoms with Gasteiger partial charge in [0.05, 0.1) is 0 Å². The molecule has 2 aliphatic rings. The largest absolute Gasteiger partial charge is 0.478 e. The quantitative estimate of drug-likeness (QED) is 0.665. The molecule has 6 nitrogen and oxygen atoms in total. The van der Waals surface area contributed by atoms with Gasteiger partial charge >= 0.3 is 11.9 Å². The lowest BCUT2D eigenvalue weighted by Gasteiger charge is -2.35. The first-order valence-electron chi connectivity index (χ1n) is 11.6. The normalized spacial score (nSPS) is 18.9. The molecule has 0 aliphatic carbocycles. The topological polar surface area (TPSA) is 81.1 Å². The van der Waals surface area contributed by atoms with E-state index < -0.39 is 11.9 Å². The Kier molecular flexibility index (Phi) is 9.22. The van der Waals surface area contributed by atoms with E-state index in [1.54, 1.807) is 0 Å². The van der Waals surface area contributed by atoms with Crippen molar-refractivity contribution in [3.05, 3.63) is 82.9 Å². The Hall–Kier alpha value is -2.96. The first-order chi connectivity index (χ1) is 15.9. The third-order valence-corrected chi connectivity index (χ3v) is 6.47. The number of hydrogen-bond acceptors (Lipinski definition) is 4. The van der Waals surface area contributed by atoms with E-state index in [9.17, 15) is 9.59 Å². The van der Waals surface area contributed by atoms with Gasteiger partial charge in [0.25, 0.3) is 0 Å². The first kappa shape index (κ1) is 24.7. The van der Waals surface area contributed by atoms with E-state index in [-0.39, 0.29) is 0 Å². The zero-order valence-electron chi connectivity index (χ0n) is 19.3. The zero-order chi connectivity index (χ0) is 23.6. The Morgan fingerprint density at radius 2 is 1.39 bits per heavy atom. The lowest BCUT2D eigenvalue weighted by molar-refractivity contribution is -0.134. The summed E-state index contributed by atoms with van der Waals surface area (Å²) in [5, 5.41) is 15.6. The predicted molar refractivity (Wildman–Crippen MR) is 129 cm³/mol. The van der Waals surface area contributed by atoms with Crippen LogP contribution in [0, 0.1) is 0 Å². The summed E-state index contributed by atoms with van der Waals surface area (Å²) in [5.74, 6) is -2.51. The Labute approximate surface area is 196 Å². The molecule has 0 saturated carbocycles. The number of aliphatic carboxylic acids is 2. The van der Waals surface area contributed by atoms with Crippen molar-refractivity contribution in [1.29, 1.82) is 0 Å². The smallest absolute Gasteiger partial charge is 0.328 e. The fourth-order valence-corrected chi connectivity index (χ4v) is 4.65. The van der Waals surface area contributed by atoms with Crippen LogP contribution in [0.25, 0.3) is 0 Å². The second kappa shape index (κ2) is 12.3. The second-order valence-corrected chi connectivity index (χ2v) is 8.85. The number of fused-ring (bicyclic) bond motifs is 2. The van der Waals surface area contributed by atoms with Gasteiger partial charge < -0.3 is 15.1 Å². The number of hydrogen-bond donors (Lipinski definition) is 2. The summed E-state index contributed by atoms with van der Waals surface area (Å²) in [6.07, 6.45) is 7.63. The van der Waals surface area contributed by atoms with E-state index in [2.05, 4.69) is 65.4 Å². The highest BCUT2D eigenvalue weighted by Crippen LogP contribution is 2.25. The molecule has 33 heavy (non-hydrogen) atoms. The molecule has 0 amide bonds. The van der Waals surface area contributed by atoms with E-state index in [0.29, 0.717) is 12.2 Å². The lowest BCUT2D eigenvalue weighted by Crippen LogP contribution is -2.39. The molecule has 6 heteroatoms. The van der Waals surface area contributed by atoms with E-state index in [1.807, 2.05) is 0 Å². The molecule has 0 aromatic heterocycles. The average molecular weight is 451 g/mol. The van der Waals surface area contributed by atoms with Crippen molar-refractivity contribution < 1.29 is 19.8 Å². The number of carboxylic acid groups (broad SMARTS) is 2. The SMILES string of the molecule is CN1CCCCC1CCN1Cc2ccccc2Cc2ccccc2C1.O=C(O)/C=C\C(=O)O. The van der Waals surface area contributed by atoms with Gasteiger partial charge in [-0.1, -0.05) is 55.0 Å². The monoisotopic (exact) mass is 450 g/mol. The van der Waals surface area contributed by atoms with Crippen molar-refractivity contribution in [2.45, 2.75) is 51.2 Å². The standard InChI is InChI=1S/C23H30N2.C4H4O4/c1-24-14-7-6-12-23(24)13-15-25-17-21-10-4-2-8-19(21)16-20-9-3-5-11-22(20)18-25;5-3(6)1-2-4(7)8/h2-5,8-11,23H,6-7,12-18H2,1H3;1-2H,(H,5,6)(H,7,8)/b;2-1-. The number of carbonyl (C=O) groups is 2. The Bertz CT molecular complexity index is 909. The van der Waals surface area contributed by atoms with Crippen LogP contribution < -0.4 is 0 Å². The summed E-state index contributed by atoms with van der Waals surface area (Å²) < 4.78 is 0. The molecule has 2 aromatic rings. The Morgan fingerprint density at radius 3 is 1.88 bits per heavy atom.